The largest absolute Gasteiger partial charge is 0.368 e. The summed E-state index contributed by atoms with van der Waals surface area (Å²) >= 11 is 0. The van der Waals surface area contributed by atoms with Crippen molar-refractivity contribution in [3.05, 3.63) is 11.8 Å². The van der Waals surface area contributed by atoms with Gasteiger partial charge in [0.2, 0.25) is 11.9 Å². The van der Waals surface area contributed by atoms with Crippen LogP contribution in [0.3, 0.4) is 0 Å². The minimum Gasteiger partial charge on any atom is -0.368 e. The second-order valence-electron chi connectivity index (χ2n) is 4.98. The number of nitrogens with zero attached hydrogens (tertiary/aromatic N) is 2. The molecule has 0 saturated heterocycles. The minimum absolute atomic E-state index is 0.117. The van der Waals surface area contributed by atoms with Crippen LogP contribution >= 0.6 is 0 Å². The highest BCUT2D eigenvalue weighted by Crippen LogP contribution is 2.09. The van der Waals surface area contributed by atoms with Crippen LogP contribution in [-0.4, -0.2) is 35.5 Å². The molecular formula is C15H27N5O. The Hall–Kier alpha value is -1.85. The van der Waals surface area contributed by atoms with E-state index in [0.29, 0.717) is 19.0 Å². The Morgan fingerprint density at radius 1 is 1.14 bits per heavy atom. The normalized spacial score (nSPS) is 10.5. The summed E-state index contributed by atoms with van der Waals surface area (Å²) in [7, 11) is 0. The summed E-state index contributed by atoms with van der Waals surface area (Å²) in [6.45, 7) is 10.0. The first-order valence-electron chi connectivity index (χ1n) is 7.71. The van der Waals surface area contributed by atoms with Gasteiger partial charge in [-0.05, 0) is 26.7 Å². The van der Waals surface area contributed by atoms with E-state index in [4.69, 9.17) is 0 Å². The summed E-state index contributed by atoms with van der Waals surface area (Å²) in [5, 5.41) is 9.25. The first-order chi connectivity index (χ1) is 10.1. The van der Waals surface area contributed by atoms with Gasteiger partial charge in [-0.2, -0.15) is 4.98 Å². The molecule has 0 aliphatic heterocycles. The molecule has 0 spiro atoms. The van der Waals surface area contributed by atoms with Crippen molar-refractivity contribution >= 4 is 17.7 Å². The molecule has 1 rings (SSSR count). The Bertz CT molecular complexity index is 446. The Balaban J connectivity index is 2.40. The van der Waals surface area contributed by atoms with Crippen molar-refractivity contribution in [2.24, 2.45) is 5.92 Å². The van der Waals surface area contributed by atoms with Crippen molar-refractivity contribution in [3.8, 4) is 0 Å². The van der Waals surface area contributed by atoms with Gasteiger partial charge in [0.1, 0.15) is 5.82 Å². The van der Waals surface area contributed by atoms with Gasteiger partial charge in [-0.25, -0.2) is 4.98 Å². The van der Waals surface area contributed by atoms with Gasteiger partial charge >= 0.3 is 0 Å². The summed E-state index contributed by atoms with van der Waals surface area (Å²) in [5.41, 5.74) is 0.907. The Morgan fingerprint density at radius 2 is 1.86 bits per heavy atom. The average molecular weight is 293 g/mol. The SMILES string of the molecule is CCNc1nc(C)cc(NCCNC(=O)C(CC)CC)n1. The molecule has 0 atom stereocenters. The van der Waals surface area contributed by atoms with E-state index in [1.807, 2.05) is 33.8 Å². The average Bonchev–Trinajstić information content (AvgIpc) is 2.45. The number of carbonyl (C=O) groups is 1. The predicted molar refractivity (Wildman–Crippen MR) is 86.5 cm³/mol. The van der Waals surface area contributed by atoms with Crippen LogP contribution in [0, 0.1) is 12.8 Å². The minimum atomic E-state index is 0.117. The fraction of sp³-hybridized carbons (Fsp3) is 0.667. The summed E-state index contributed by atoms with van der Waals surface area (Å²) in [5.74, 6) is 1.65. The van der Waals surface area contributed by atoms with E-state index in [-0.39, 0.29) is 11.8 Å². The number of anilines is 2. The van der Waals surface area contributed by atoms with Gasteiger partial charge in [0, 0.05) is 37.3 Å². The zero-order chi connectivity index (χ0) is 15.7. The van der Waals surface area contributed by atoms with Crippen LogP contribution in [0.25, 0.3) is 0 Å². The summed E-state index contributed by atoms with van der Waals surface area (Å²) < 4.78 is 0. The van der Waals surface area contributed by atoms with Crippen molar-refractivity contribution in [1.82, 2.24) is 15.3 Å². The molecule has 1 heterocycles. The van der Waals surface area contributed by atoms with Gasteiger partial charge in [0.25, 0.3) is 0 Å². The van der Waals surface area contributed by atoms with Crippen molar-refractivity contribution in [3.63, 3.8) is 0 Å². The number of nitrogens with one attached hydrogen (secondary N) is 3. The van der Waals surface area contributed by atoms with Crippen LogP contribution in [0.2, 0.25) is 0 Å². The van der Waals surface area contributed by atoms with Crippen LogP contribution in [0.15, 0.2) is 6.07 Å². The standard InChI is InChI=1S/C15H27N5O/c1-5-12(6-2)14(21)18-9-8-17-13-10-11(4)19-15(20-13)16-7-3/h10,12H,5-9H2,1-4H3,(H,18,21)(H2,16,17,19,20). The molecule has 0 fully saturated rings. The van der Waals surface area contributed by atoms with Gasteiger partial charge in [-0.3, -0.25) is 4.79 Å². The first kappa shape index (κ1) is 17.2. The molecule has 0 saturated carbocycles. The molecule has 0 aliphatic rings. The molecule has 0 radical (unpaired) electrons. The van der Waals surface area contributed by atoms with Gasteiger partial charge in [-0.15, -0.1) is 0 Å². The molecule has 1 aromatic heterocycles. The molecule has 0 unspecified atom stereocenters. The lowest BCUT2D eigenvalue weighted by Gasteiger charge is -2.13. The number of rotatable bonds is 9. The van der Waals surface area contributed by atoms with Crippen molar-refractivity contribution in [2.75, 3.05) is 30.3 Å². The maximum absolute atomic E-state index is 11.8. The quantitative estimate of drug-likeness (QED) is 0.608. The fourth-order valence-corrected chi connectivity index (χ4v) is 2.08. The summed E-state index contributed by atoms with van der Waals surface area (Å²) in [4.78, 5) is 20.5. The second kappa shape index (κ2) is 9.15. The Kier molecular flexibility index (Phi) is 7.50. The van der Waals surface area contributed by atoms with E-state index in [1.54, 1.807) is 0 Å². The van der Waals surface area contributed by atoms with Crippen LogP contribution in [0.5, 0.6) is 0 Å². The van der Waals surface area contributed by atoms with Crippen LogP contribution in [0.4, 0.5) is 11.8 Å². The maximum Gasteiger partial charge on any atom is 0.224 e. The molecule has 0 aliphatic carbocycles. The lowest BCUT2D eigenvalue weighted by atomic mass is 10.0. The van der Waals surface area contributed by atoms with Crippen molar-refractivity contribution in [1.29, 1.82) is 0 Å². The third-order valence-electron chi connectivity index (χ3n) is 3.28. The third-order valence-corrected chi connectivity index (χ3v) is 3.28. The molecule has 3 N–H and O–H groups in total. The molecular weight excluding hydrogens is 266 g/mol. The predicted octanol–water partition coefficient (Wildman–Crippen LogP) is 2.18. The van der Waals surface area contributed by atoms with E-state index < -0.39 is 0 Å². The lowest BCUT2D eigenvalue weighted by Crippen LogP contribution is -2.33. The number of amides is 1. The third kappa shape index (κ3) is 5.97. The molecule has 118 valence electrons. The zero-order valence-electron chi connectivity index (χ0n) is 13.5. The topological polar surface area (TPSA) is 78.9 Å². The van der Waals surface area contributed by atoms with Gasteiger partial charge in [-0.1, -0.05) is 13.8 Å². The fourth-order valence-electron chi connectivity index (χ4n) is 2.08. The van der Waals surface area contributed by atoms with E-state index in [0.717, 1.165) is 30.9 Å². The summed E-state index contributed by atoms with van der Waals surface area (Å²) in [6, 6.07) is 1.89. The van der Waals surface area contributed by atoms with Crippen molar-refractivity contribution in [2.45, 2.75) is 40.5 Å². The van der Waals surface area contributed by atoms with Gasteiger partial charge < -0.3 is 16.0 Å². The highest BCUT2D eigenvalue weighted by atomic mass is 16.1. The van der Waals surface area contributed by atoms with E-state index >= 15 is 0 Å². The smallest absolute Gasteiger partial charge is 0.224 e. The number of carbonyl (C=O) groups excluding carboxylic acids is 1. The molecule has 6 heteroatoms. The van der Waals surface area contributed by atoms with E-state index in [1.165, 1.54) is 0 Å². The lowest BCUT2D eigenvalue weighted by molar-refractivity contribution is -0.125. The van der Waals surface area contributed by atoms with Crippen molar-refractivity contribution < 1.29 is 4.79 Å². The van der Waals surface area contributed by atoms with E-state index in [9.17, 15) is 4.79 Å². The highest BCUT2D eigenvalue weighted by molar-refractivity contribution is 5.78. The molecule has 1 amide bonds. The molecule has 6 nitrogen and oxygen atoms in total. The van der Waals surface area contributed by atoms with Gasteiger partial charge in [0.15, 0.2) is 0 Å². The molecule has 0 bridgehead atoms. The highest BCUT2D eigenvalue weighted by Gasteiger charge is 2.12. The van der Waals surface area contributed by atoms with Gasteiger partial charge in [0.05, 0.1) is 0 Å². The number of aromatic nitrogens is 2. The van der Waals surface area contributed by atoms with E-state index in [2.05, 4.69) is 25.9 Å². The Morgan fingerprint density at radius 3 is 2.48 bits per heavy atom. The number of hydrogen-bond donors (Lipinski definition) is 3. The van der Waals surface area contributed by atoms with Crippen LogP contribution in [0.1, 0.15) is 39.3 Å². The number of hydrogen-bond acceptors (Lipinski definition) is 5. The molecule has 1 aromatic rings. The first-order valence-corrected chi connectivity index (χ1v) is 7.71. The van der Waals surface area contributed by atoms with Crippen LogP contribution < -0.4 is 16.0 Å². The maximum atomic E-state index is 11.8. The summed E-state index contributed by atoms with van der Waals surface area (Å²) in [6.07, 6.45) is 1.76. The zero-order valence-corrected chi connectivity index (χ0v) is 13.5. The Labute approximate surface area is 127 Å². The number of aryl methyl sites for hydroxylation is 1. The monoisotopic (exact) mass is 293 g/mol. The molecule has 21 heavy (non-hydrogen) atoms. The molecule has 0 aromatic carbocycles. The second-order valence-corrected chi connectivity index (χ2v) is 4.98. The van der Waals surface area contributed by atoms with Crippen LogP contribution in [-0.2, 0) is 4.79 Å².